The second kappa shape index (κ2) is 6.70. The van der Waals surface area contributed by atoms with E-state index in [0.29, 0.717) is 17.3 Å². The minimum atomic E-state index is 0.0346. The summed E-state index contributed by atoms with van der Waals surface area (Å²) < 4.78 is 5.00. The van der Waals surface area contributed by atoms with E-state index in [0.717, 1.165) is 18.4 Å². The van der Waals surface area contributed by atoms with Crippen molar-refractivity contribution in [3.05, 3.63) is 28.8 Å². The fourth-order valence-electron chi connectivity index (χ4n) is 1.62. The molecule has 90 valence electrons. The SMILES string of the molecule is COCCCC(NN)c1ccc(Cl)cc1N. The largest absolute Gasteiger partial charge is 0.398 e. The van der Waals surface area contributed by atoms with Crippen LogP contribution in [0, 0.1) is 0 Å². The Bertz CT molecular complexity index is 333. The van der Waals surface area contributed by atoms with Crippen molar-refractivity contribution in [1.29, 1.82) is 0 Å². The molecule has 5 heteroatoms. The molecule has 16 heavy (non-hydrogen) atoms. The molecule has 0 bridgehead atoms. The number of methoxy groups -OCH3 is 1. The van der Waals surface area contributed by atoms with E-state index in [1.54, 1.807) is 13.2 Å². The van der Waals surface area contributed by atoms with E-state index in [9.17, 15) is 0 Å². The zero-order chi connectivity index (χ0) is 12.0. The number of hydrogen-bond donors (Lipinski definition) is 3. The number of halogens is 1. The molecular formula is C11H18ClN3O. The van der Waals surface area contributed by atoms with Gasteiger partial charge in [-0.1, -0.05) is 17.7 Å². The lowest BCUT2D eigenvalue weighted by Crippen LogP contribution is -2.28. The summed E-state index contributed by atoms with van der Waals surface area (Å²) >= 11 is 5.84. The molecule has 1 unspecified atom stereocenters. The average molecular weight is 244 g/mol. The van der Waals surface area contributed by atoms with Crippen molar-refractivity contribution in [3.63, 3.8) is 0 Å². The first-order valence-electron chi connectivity index (χ1n) is 5.19. The van der Waals surface area contributed by atoms with E-state index in [2.05, 4.69) is 5.43 Å². The Morgan fingerprint density at radius 1 is 1.50 bits per heavy atom. The number of nitrogens with one attached hydrogen (secondary N) is 1. The van der Waals surface area contributed by atoms with E-state index >= 15 is 0 Å². The predicted molar refractivity (Wildman–Crippen MR) is 67.0 cm³/mol. The van der Waals surface area contributed by atoms with Crippen molar-refractivity contribution in [1.82, 2.24) is 5.43 Å². The quantitative estimate of drug-likeness (QED) is 0.309. The molecule has 0 aromatic heterocycles. The third-order valence-electron chi connectivity index (χ3n) is 2.47. The standard InChI is InChI=1S/C11H18ClN3O/c1-16-6-2-3-11(15-14)9-5-4-8(12)7-10(9)13/h4-5,7,11,15H,2-3,6,13-14H2,1H3. The zero-order valence-electron chi connectivity index (χ0n) is 9.37. The summed E-state index contributed by atoms with van der Waals surface area (Å²) in [6.07, 6.45) is 1.80. The van der Waals surface area contributed by atoms with E-state index in [1.165, 1.54) is 0 Å². The topological polar surface area (TPSA) is 73.3 Å². The third-order valence-corrected chi connectivity index (χ3v) is 2.70. The molecule has 0 aliphatic rings. The minimum Gasteiger partial charge on any atom is -0.398 e. The Balaban J connectivity index is 2.70. The molecule has 0 aliphatic heterocycles. The van der Waals surface area contributed by atoms with Gasteiger partial charge >= 0.3 is 0 Å². The lowest BCUT2D eigenvalue weighted by molar-refractivity contribution is 0.189. The molecule has 1 aromatic rings. The molecule has 1 atom stereocenters. The van der Waals surface area contributed by atoms with Crippen LogP contribution in [0.15, 0.2) is 18.2 Å². The van der Waals surface area contributed by atoms with Gasteiger partial charge in [0, 0.05) is 30.5 Å². The first-order valence-corrected chi connectivity index (χ1v) is 5.56. The molecule has 4 nitrogen and oxygen atoms in total. The van der Waals surface area contributed by atoms with Crippen LogP contribution in [0.4, 0.5) is 5.69 Å². The molecule has 0 amide bonds. The third kappa shape index (κ3) is 3.64. The first kappa shape index (κ1) is 13.3. The van der Waals surface area contributed by atoms with Gasteiger partial charge in [-0.2, -0.15) is 0 Å². The summed E-state index contributed by atoms with van der Waals surface area (Å²) in [7, 11) is 1.68. The highest BCUT2D eigenvalue weighted by Gasteiger charge is 2.12. The lowest BCUT2D eigenvalue weighted by atomic mass is 10.0. The van der Waals surface area contributed by atoms with Crippen LogP contribution < -0.4 is 17.0 Å². The Labute approximate surface area is 101 Å². The van der Waals surface area contributed by atoms with E-state index < -0.39 is 0 Å². The van der Waals surface area contributed by atoms with Gasteiger partial charge in [-0.15, -0.1) is 0 Å². The van der Waals surface area contributed by atoms with E-state index in [1.807, 2.05) is 12.1 Å². The molecule has 0 saturated heterocycles. The van der Waals surface area contributed by atoms with Crippen molar-refractivity contribution < 1.29 is 4.74 Å². The number of hydrogen-bond acceptors (Lipinski definition) is 4. The van der Waals surface area contributed by atoms with Gasteiger partial charge in [-0.05, 0) is 30.5 Å². The molecule has 1 rings (SSSR count). The van der Waals surface area contributed by atoms with Gasteiger partial charge in [-0.25, -0.2) is 0 Å². The van der Waals surface area contributed by atoms with E-state index in [4.69, 9.17) is 27.9 Å². The highest BCUT2D eigenvalue weighted by molar-refractivity contribution is 6.30. The number of ether oxygens (including phenoxy) is 1. The van der Waals surface area contributed by atoms with Gasteiger partial charge in [0.15, 0.2) is 0 Å². The monoisotopic (exact) mass is 243 g/mol. The maximum absolute atomic E-state index is 5.89. The van der Waals surface area contributed by atoms with Crippen LogP contribution in [0.3, 0.4) is 0 Å². The molecule has 0 heterocycles. The molecule has 0 saturated carbocycles. The average Bonchev–Trinajstić information content (AvgIpc) is 2.26. The Kier molecular flexibility index (Phi) is 5.55. The van der Waals surface area contributed by atoms with Crippen LogP contribution in [0.5, 0.6) is 0 Å². The smallest absolute Gasteiger partial charge is 0.0481 e. The normalized spacial score (nSPS) is 12.7. The van der Waals surface area contributed by atoms with Crippen LogP contribution in [0.1, 0.15) is 24.4 Å². The lowest BCUT2D eigenvalue weighted by Gasteiger charge is -2.18. The molecule has 5 N–H and O–H groups in total. The number of anilines is 1. The number of nitrogen functional groups attached to an aromatic ring is 1. The van der Waals surface area contributed by atoms with Crippen LogP contribution in [0.2, 0.25) is 5.02 Å². The fourth-order valence-corrected chi connectivity index (χ4v) is 1.80. The maximum Gasteiger partial charge on any atom is 0.0481 e. The summed E-state index contributed by atoms with van der Waals surface area (Å²) in [5.74, 6) is 5.51. The molecular weight excluding hydrogens is 226 g/mol. The number of hydrazine groups is 1. The van der Waals surface area contributed by atoms with Crippen molar-refractivity contribution in [2.24, 2.45) is 5.84 Å². The summed E-state index contributed by atoms with van der Waals surface area (Å²) in [6.45, 7) is 0.714. The van der Waals surface area contributed by atoms with Gasteiger partial charge in [-0.3, -0.25) is 11.3 Å². The zero-order valence-corrected chi connectivity index (χ0v) is 10.1. The summed E-state index contributed by atoms with van der Waals surface area (Å²) in [5.41, 5.74) is 10.3. The molecule has 0 fully saturated rings. The van der Waals surface area contributed by atoms with Gasteiger partial charge in [0.1, 0.15) is 0 Å². The highest BCUT2D eigenvalue weighted by atomic mass is 35.5. The Hall–Kier alpha value is -0.810. The van der Waals surface area contributed by atoms with Crippen LogP contribution in [0.25, 0.3) is 0 Å². The van der Waals surface area contributed by atoms with Crippen molar-refractivity contribution in [3.8, 4) is 0 Å². The molecule has 1 aromatic carbocycles. The Morgan fingerprint density at radius 2 is 2.25 bits per heavy atom. The van der Waals surface area contributed by atoms with Gasteiger partial charge in [0.2, 0.25) is 0 Å². The van der Waals surface area contributed by atoms with Crippen molar-refractivity contribution in [2.45, 2.75) is 18.9 Å². The van der Waals surface area contributed by atoms with Gasteiger partial charge < -0.3 is 10.5 Å². The Morgan fingerprint density at radius 3 is 2.81 bits per heavy atom. The summed E-state index contributed by atoms with van der Waals surface area (Å²) in [6, 6.07) is 5.48. The van der Waals surface area contributed by atoms with Crippen molar-refractivity contribution >= 4 is 17.3 Å². The fraction of sp³-hybridized carbons (Fsp3) is 0.455. The van der Waals surface area contributed by atoms with Crippen LogP contribution in [-0.4, -0.2) is 13.7 Å². The number of nitrogens with two attached hydrogens (primary N) is 2. The summed E-state index contributed by atoms with van der Waals surface area (Å²) in [5, 5.41) is 0.633. The second-order valence-corrected chi connectivity index (χ2v) is 4.06. The van der Waals surface area contributed by atoms with E-state index in [-0.39, 0.29) is 6.04 Å². The summed E-state index contributed by atoms with van der Waals surface area (Å²) in [4.78, 5) is 0. The van der Waals surface area contributed by atoms with Crippen LogP contribution >= 0.6 is 11.6 Å². The maximum atomic E-state index is 5.89. The first-order chi connectivity index (χ1) is 7.69. The minimum absolute atomic E-state index is 0.0346. The predicted octanol–water partition coefficient (Wildman–Crippen LogP) is 1.85. The van der Waals surface area contributed by atoms with Gasteiger partial charge in [0.05, 0.1) is 0 Å². The number of benzene rings is 1. The highest BCUT2D eigenvalue weighted by Crippen LogP contribution is 2.26. The van der Waals surface area contributed by atoms with Crippen molar-refractivity contribution in [2.75, 3.05) is 19.5 Å². The molecule has 0 radical (unpaired) electrons. The van der Waals surface area contributed by atoms with Gasteiger partial charge in [0.25, 0.3) is 0 Å². The second-order valence-electron chi connectivity index (χ2n) is 3.63. The molecule has 0 spiro atoms. The van der Waals surface area contributed by atoms with Crippen LogP contribution in [-0.2, 0) is 4.74 Å². The number of rotatable bonds is 6. The molecule has 0 aliphatic carbocycles.